The number of fused-ring (bicyclic) bond motifs is 1. The van der Waals surface area contributed by atoms with Crippen LogP contribution in [0.15, 0.2) is 10.7 Å². The quantitative estimate of drug-likeness (QED) is 0.866. The monoisotopic (exact) mass is 310 g/mol. The zero-order valence-corrected chi connectivity index (χ0v) is 12.1. The van der Waals surface area contributed by atoms with Crippen LogP contribution in [0.5, 0.6) is 0 Å². The van der Waals surface area contributed by atoms with Crippen LogP contribution in [0, 0.1) is 11.8 Å². The first-order valence-corrected chi connectivity index (χ1v) is 7.56. The summed E-state index contributed by atoms with van der Waals surface area (Å²) in [7, 11) is 0. The van der Waals surface area contributed by atoms with E-state index in [1.54, 1.807) is 6.20 Å². The van der Waals surface area contributed by atoms with Gasteiger partial charge in [0.05, 0.1) is 4.47 Å². The molecule has 2 N–H and O–H groups in total. The molecular weight excluding hydrogens is 292 g/mol. The molecule has 2 atom stereocenters. The molecule has 98 valence electrons. The Kier molecular flexibility index (Phi) is 3.41. The second-order valence-corrected chi connectivity index (χ2v) is 6.29. The van der Waals surface area contributed by atoms with Crippen LogP contribution < -0.4 is 10.6 Å². The van der Waals surface area contributed by atoms with Crippen molar-refractivity contribution in [3.63, 3.8) is 0 Å². The number of aromatic nitrogens is 2. The van der Waals surface area contributed by atoms with Crippen molar-refractivity contribution in [3.05, 3.63) is 10.7 Å². The van der Waals surface area contributed by atoms with Gasteiger partial charge in [-0.05, 0) is 40.6 Å². The molecule has 1 aliphatic carbocycles. The molecule has 1 aromatic heterocycles. The molecule has 5 heteroatoms. The van der Waals surface area contributed by atoms with Crippen molar-refractivity contribution in [3.8, 4) is 0 Å². The van der Waals surface area contributed by atoms with Crippen molar-refractivity contribution in [1.29, 1.82) is 0 Å². The standard InChI is InChI=1S/C13H19BrN4/c14-11-7-16-13(15)17-12(11)18-6-5-9-3-1-2-4-10(9)8-18/h7,9-10H,1-6,8H2,(H2,15,16,17). The highest BCUT2D eigenvalue weighted by molar-refractivity contribution is 9.10. The lowest BCUT2D eigenvalue weighted by molar-refractivity contribution is 0.202. The summed E-state index contributed by atoms with van der Waals surface area (Å²) in [6.45, 7) is 2.22. The fraction of sp³-hybridized carbons (Fsp3) is 0.692. The van der Waals surface area contributed by atoms with Gasteiger partial charge in [-0.3, -0.25) is 0 Å². The smallest absolute Gasteiger partial charge is 0.222 e. The second kappa shape index (κ2) is 5.03. The molecule has 0 spiro atoms. The van der Waals surface area contributed by atoms with Gasteiger partial charge in [0.25, 0.3) is 0 Å². The maximum absolute atomic E-state index is 5.70. The minimum atomic E-state index is 0.360. The average molecular weight is 311 g/mol. The summed E-state index contributed by atoms with van der Waals surface area (Å²) in [6, 6.07) is 0. The number of nitrogens with zero attached hydrogens (tertiary/aromatic N) is 3. The van der Waals surface area contributed by atoms with E-state index >= 15 is 0 Å². The Morgan fingerprint density at radius 1 is 1.22 bits per heavy atom. The Hall–Kier alpha value is -0.840. The van der Waals surface area contributed by atoms with Crippen LogP contribution in [0.2, 0.25) is 0 Å². The maximum Gasteiger partial charge on any atom is 0.222 e. The van der Waals surface area contributed by atoms with Crippen LogP contribution in [0.4, 0.5) is 11.8 Å². The number of hydrogen-bond acceptors (Lipinski definition) is 4. The SMILES string of the molecule is Nc1ncc(Br)c(N2CCC3CCCCC3C2)n1. The predicted molar refractivity (Wildman–Crippen MR) is 76.4 cm³/mol. The van der Waals surface area contributed by atoms with E-state index in [-0.39, 0.29) is 0 Å². The van der Waals surface area contributed by atoms with Gasteiger partial charge in [0, 0.05) is 19.3 Å². The fourth-order valence-corrected chi connectivity index (χ4v) is 3.83. The number of hydrogen-bond donors (Lipinski definition) is 1. The molecule has 3 rings (SSSR count). The van der Waals surface area contributed by atoms with E-state index in [4.69, 9.17) is 5.73 Å². The Morgan fingerprint density at radius 3 is 2.83 bits per heavy atom. The van der Waals surface area contributed by atoms with Gasteiger partial charge >= 0.3 is 0 Å². The fourth-order valence-electron chi connectivity index (χ4n) is 3.39. The molecule has 1 saturated carbocycles. The van der Waals surface area contributed by atoms with E-state index in [1.807, 2.05) is 0 Å². The van der Waals surface area contributed by atoms with Crippen LogP contribution in [0.25, 0.3) is 0 Å². The van der Waals surface area contributed by atoms with Gasteiger partial charge in [0.15, 0.2) is 0 Å². The van der Waals surface area contributed by atoms with Crippen molar-refractivity contribution in [2.45, 2.75) is 32.1 Å². The predicted octanol–water partition coefficient (Wildman–Crippen LogP) is 2.84. The number of nitrogen functional groups attached to an aromatic ring is 1. The third-order valence-corrected chi connectivity index (χ3v) is 4.89. The van der Waals surface area contributed by atoms with Crippen molar-refractivity contribution in [2.24, 2.45) is 11.8 Å². The first kappa shape index (κ1) is 12.2. The van der Waals surface area contributed by atoms with Crippen LogP contribution in [-0.4, -0.2) is 23.1 Å². The van der Waals surface area contributed by atoms with E-state index in [1.165, 1.54) is 32.1 Å². The zero-order chi connectivity index (χ0) is 12.5. The normalized spacial score (nSPS) is 27.9. The van der Waals surface area contributed by atoms with E-state index < -0.39 is 0 Å². The topological polar surface area (TPSA) is 55.0 Å². The van der Waals surface area contributed by atoms with Gasteiger partial charge in [-0.1, -0.05) is 19.3 Å². The molecule has 0 bridgehead atoms. The molecular formula is C13H19BrN4. The highest BCUT2D eigenvalue weighted by atomic mass is 79.9. The van der Waals surface area contributed by atoms with E-state index in [0.717, 1.165) is 35.2 Å². The summed E-state index contributed by atoms with van der Waals surface area (Å²) in [5, 5.41) is 0. The van der Waals surface area contributed by atoms with Crippen molar-refractivity contribution < 1.29 is 0 Å². The molecule has 1 aliphatic heterocycles. The number of anilines is 2. The lowest BCUT2D eigenvalue weighted by Crippen LogP contribution is -2.42. The highest BCUT2D eigenvalue weighted by Crippen LogP contribution is 2.38. The molecule has 1 saturated heterocycles. The highest BCUT2D eigenvalue weighted by Gasteiger charge is 2.32. The molecule has 2 aliphatic rings. The Labute approximate surface area is 116 Å². The third-order valence-electron chi connectivity index (χ3n) is 4.33. The number of piperidine rings is 1. The summed E-state index contributed by atoms with van der Waals surface area (Å²) in [6.07, 6.45) is 8.66. The minimum absolute atomic E-state index is 0.360. The van der Waals surface area contributed by atoms with Gasteiger partial charge in [-0.25, -0.2) is 4.98 Å². The van der Waals surface area contributed by atoms with Crippen LogP contribution >= 0.6 is 15.9 Å². The molecule has 18 heavy (non-hydrogen) atoms. The summed E-state index contributed by atoms with van der Waals surface area (Å²) in [4.78, 5) is 10.8. The van der Waals surface area contributed by atoms with Gasteiger partial charge in [0.1, 0.15) is 5.82 Å². The first-order chi connectivity index (χ1) is 8.74. The molecule has 2 heterocycles. The Bertz CT molecular complexity index is 437. The van der Waals surface area contributed by atoms with Crippen molar-refractivity contribution >= 4 is 27.7 Å². The molecule has 0 amide bonds. The average Bonchev–Trinajstić information content (AvgIpc) is 2.41. The van der Waals surface area contributed by atoms with E-state index in [9.17, 15) is 0 Å². The number of rotatable bonds is 1. The summed E-state index contributed by atoms with van der Waals surface area (Å²) >= 11 is 3.53. The molecule has 0 aromatic carbocycles. The van der Waals surface area contributed by atoms with Crippen molar-refractivity contribution in [2.75, 3.05) is 23.7 Å². The lowest BCUT2D eigenvalue weighted by Gasteiger charge is -2.42. The second-order valence-electron chi connectivity index (χ2n) is 5.44. The van der Waals surface area contributed by atoms with Crippen molar-refractivity contribution in [1.82, 2.24) is 9.97 Å². The number of halogens is 1. The minimum Gasteiger partial charge on any atom is -0.368 e. The molecule has 2 fully saturated rings. The van der Waals surface area contributed by atoms with Crippen LogP contribution in [-0.2, 0) is 0 Å². The zero-order valence-electron chi connectivity index (χ0n) is 10.5. The van der Waals surface area contributed by atoms with Gasteiger partial charge in [-0.2, -0.15) is 4.98 Å². The third kappa shape index (κ3) is 2.32. The van der Waals surface area contributed by atoms with Crippen LogP contribution in [0.3, 0.4) is 0 Å². The first-order valence-electron chi connectivity index (χ1n) is 6.77. The Balaban J connectivity index is 1.79. The summed E-state index contributed by atoms with van der Waals surface area (Å²) < 4.78 is 0.950. The molecule has 4 nitrogen and oxygen atoms in total. The van der Waals surface area contributed by atoms with E-state index in [0.29, 0.717) is 5.95 Å². The van der Waals surface area contributed by atoms with Gasteiger partial charge in [0.2, 0.25) is 5.95 Å². The molecule has 0 radical (unpaired) electrons. The lowest BCUT2D eigenvalue weighted by atomic mass is 9.75. The summed E-state index contributed by atoms with van der Waals surface area (Å²) in [5.74, 6) is 3.11. The largest absolute Gasteiger partial charge is 0.368 e. The molecule has 1 aromatic rings. The molecule has 2 unspecified atom stereocenters. The van der Waals surface area contributed by atoms with Gasteiger partial charge < -0.3 is 10.6 Å². The number of nitrogens with two attached hydrogens (primary N) is 1. The van der Waals surface area contributed by atoms with Gasteiger partial charge in [-0.15, -0.1) is 0 Å². The maximum atomic E-state index is 5.70. The summed E-state index contributed by atoms with van der Waals surface area (Å²) in [5.41, 5.74) is 5.70. The van der Waals surface area contributed by atoms with E-state index in [2.05, 4.69) is 30.8 Å². The van der Waals surface area contributed by atoms with Crippen LogP contribution in [0.1, 0.15) is 32.1 Å². The Morgan fingerprint density at radius 2 is 2.00 bits per heavy atom.